The van der Waals surface area contributed by atoms with Crippen molar-refractivity contribution in [3.63, 3.8) is 0 Å². The van der Waals surface area contributed by atoms with Gasteiger partial charge >= 0.3 is 0 Å². The molecule has 0 spiro atoms. The van der Waals surface area contributed by atoms with Crippen molar-refractivity contribution in [2.75, 3.05) is 11.9 Å². The van der Waals surface area contributed by atoms with Gasteiger partial charge in [0.2, 0.25) is 0 Å². The second-order valence-electron chi connectivity index (χ2n) is 7.25. The van der Waals surface area contributed by atoms with Gasteiger partial charge in [-0.2, -0.15) is 0 Å². The molecule has 0 atom stereocenters. The Morgan fingerprint density at radius 3 is 2.12 bits per heavy atom. The van der Waals surface area contributed by atoms with Crippen molar-refractivity contribution < 1.29 is 0 Å². The molecular formula is C23H38N2. The first-order chi connectivity index (χ1) is 12.1. The lowest BCUT2D eigenvalue weighted by Crippen LogP contribution is -2.05. The quantitative estimate of drug-likeness (QED) is 0.271. The number of allylic oxidation sites excluding steroid dienone is 1. The summed E-state index contributed by atoms with van der Waals surface area (Å²) in [5.74, 6) is 0. The van der Waals surface area contributed by atoms with E-state index in [0.29, 0.717) is 0 Å². The first-order valence-electron chi connectivity index (χ1n) is 10.1. The lowest BCUT2D eigenvalue weighted by Gasteiger charge is -2.15. The van der Waals surface area contributed by atoms with Crippen molar-refractivity contribution in [1.29, 1.82) is 5.41 Å². The fourth-order valence-corrected chi connectivity index (χ4v) is 3.33. The Bertz CT molecular complexity index is 531. The highest BCUT2D eigenvalue weighted by Gasteiger charge is 2.06. The van der Waals surface area contributed by atoms with E-state index in [4.69, 9.17) is 5.41 Å². The van der Waals surface area contributed by atoms with E-state index in [9.17, 15) is 0 Å². The van der Waals surface area contributed by atoms with Gasteiger partial charge in [0, 0.05) is 17.9 Å². The Morgan fingerprint density at radius 2 is 1.56 bits per heavy atom. The summed E-state index contributed by atoms with van der Waals surface area (Å²) in [6.45, 7) is 11.4. The predicted molar refractivity (Wildman–Crippen MR) is 114 cm³/mol. The third kappa shape index (κ3) is 8.90. The number of benzene rings is 1. The summed E-state index contributed by atoms with van der Waals surface area (Å²) >= 11 is 0. The first-order valence-corrected chi connectivity index (χ1v) is 10.1. The molecule has 0 fully saturated rings. The molecular weight excluding hydrogens is 304 g/mol. The molecule has 2 heteroatoms. The van der Waals surface area contributed by atoms with Crippen molar-refractivity contribution >= 4 is 17.0 Å². The Morgan fingerprint density at radius 1 is 0.960 bits per heavy atom. The Labute approximate surface area is 155 Å². The van der Waals surface area contributed by atoms with Gasteiger partial charge in [-0.25, -0.2) is 0 Å². The van der Waals surface area contributed by atoms with Crippen LogP contribution in [0.1, 0.15) is 89.7 Å². The van der Waals surface area contributed by atoms with Crippen LogP contribution in [0.15, 0.2) is 24.8 Å². The summed E-state index contributed by atoms with van der Waals surface area (Å²) in [5, 5.41) is 11.0. The predicted octanol–water partition coefficient (Wildman–Crippen LogP) is 7.24. The van der Waals surface area contributed by atoms with Crippen molar-refractivity contribution in [3.8, 4) is 0 Å². The van der Waals surface area contributed by atoms with Gasteiger partial charge in [-0.15, -0.1) is 0 Å². The van der Waals surface area contributed by atoms with E-state index in [1.807, 2.05) is 6.92 Å². The number of hydrogen-bond acceptors (Lipinski definition) is 2. The molecule has 0 aliphatic rings. The summed E-state index contributed by atoms with van der Waals surface area (Å²) in [7, 11) is 0. The fraction of sp³-hybridized carbons (Fsp3) is 0.609. The Kier molecular flexibility index (Phi) is 10.9. The van der Waals surface area contributed by atoms with Gasteiger partial charge < -0.3 is 10.7 Å². The third-order valence-electron chi connectivity index (χ3n) is 4.78. The molecule has 0 saturated carbocycles. The summed E-state index contributed by atoms with van der Waals surface area (Å²) in [6.07, 6.45) is 12.5. The molecule has 0 radical (unpaired) electrons. The average Bonchev–Trinajstić information content (AvgIpc) is 2.58. The zero-order valence-corrected chi connectivity index (χ0v) is 16.7. The van der Waals surface area contributed by atoms with Gasteiger partial charge in [-0.1, -0.05) is 69.7 Å². The Balaban J connectivity index is 2.13. The van der Waals surface area contributed by atoms with Crippen molar-refractivity contribution in [2.24, 2.45) is 0 Å². The molecule has 1 aromatic carbocycles. The van der Waals surface area contributed by atoms with Crippen LogP contribution in [0.25, 0.3) is 5.57 Å². The number of unbranched alkanes of at least 4 members (excludes halogenated alkanes) is 7. The monoisotopic (exact) mass is 342 g/mol. The van der Waals surface area contributed by atoms with E-state index in [0.717, 1.165) is 30.7 Å². The van der Waals surface area contributed by atoms with Crippen LogP contribution in [-0.4, -0.2) is 12.3 Å². The van der Waals surface area contributed by atoms with Crippen molar-refractivity contribution in [3.05, 3.63) is 35.9 Å². The largest absolute Gasteiger partial charge is 0.385 e. The topological polar surface area (TPSA) is 35.9 Å². The highest BCUT2D eigenvalue weighted by molar-refractivity contribution is 5.78. The van der Waals surface area contributed by atoms with Crippen LogP contribution in [0.4, 0.5) is 5.69 Å². The van der Waals surface area contributed by atoms with E-state index in [1.165, 1.54) is 68.2 Å². The smallest absolute Gasteiger partial charge is 0.0378 e. The standard InChI is InChI=1S/C23H38N2/c1-5-21-22(19(2)3)16-14-17-23(21)25-18-13-11-9-7-6-8-10-12-15-20(4)24/h14,16-17,24-25H,2,5-13,15,18H2,1,3-4H3. The Hall–Kier alpha value is -1.57. The fourth-order valence-electron chi connectivity index (χ4n) is 3.33. The minimum atomic E-state index is 0.826. The maximum Gasteiger partial charge on any atom is 0.0378 e. The molecule has 25 heavy (non-hydrogen) atoms. The summed E-state index contributed by atoms with van der Waals surface area (Å²) in [4.78, 5) is 0. The molecule has 0 amide bonds. The summed E-state index contributed by atoms with van der Waals surface area (Å²) in [5.41, 5.74) is 5.95. The molecule has 0 saturated heterocycles. The lowest BCUT2D eigenvalue weighted by atomic mass is 9.98. The molecule has 2 nitrogen and oxygen atoms in total. The van der Waals surface area contributed by atoms with E-state index < -0.39 is 0 Å². The highest BCUT2D eigenvalue weighted by Crippen LogP contribution is 2.25. The zero-order valence-electron chi connectivity index (χ0n) is 16.7. The van der Waals surface area contributed by atoms with Crippen LogP contribution >= 0.6 is 0 Å². The maximum absolute atomic E-state index is 7.42. The van der Waals surface area contributed by atoms with Crippen LogP contribution in [0.2, 0.25) is 0 Å². The molecule has 0 aliphatic heterocycles. The second-order valence-corrected chi connectivity index (χ2v) is 7.25. The molecule has 0 aliphatic carbocycles. The molecule has 1 rings (SSSR count). The van der Waals surface area contributed by atoms with E-state index in [1.54, 1.807) is 0 Å². The summed E-state index contributed by atoms with van der Waals surface area (Å²) in [6, 6.07) is 6.50. The number of anilines is 1. The van der Waals surface area contributed by atoms with Crippen LogP contribution < -0.4 is 5.32 Å². The van der Waals surface area contributed by atoms with E-state index in [-0.39, 0.29) is 0 Å². The maximum atomic E-state index is 7.42. The number of nitrogens with one attached hydrogen (secondary N) is 2. The number of hydrogen-bond donors (Lipinski definition) is 2. The summed E-state index contributed by atoms with van der Waals surface area (Å²) < 4.78 is 0. The molecule has 140 valence electrons. The molecule has 2 N–H and O–H groups in total. The third-order valence-corrected chi connectivity index (χ3v) is 4.78. The van der Waals surface area contributed by atoms with Gasteiger partial charge in [0.25, 0.3) is 0 Å². The van der Waals surface area contributed by atoms with Crippen LogP contribution in [-0.2, 0) is 6.42 Å². The zero-order chi connectivity index (χ0) is 18.5. The average molecular weight is 343 g/mol. The molecule has 0 bridgehead atoms. The minimum Gasteiger partial charge on any atom is -0.385 e. The number of rotatable bonds is 14. The van der Waals surface area contributed by atoms with Crippen LogP contribution in [0.5, 0.6) is 0 Å². The minimum absolute atomic E-state index is 0.826. The molecule has 0 unspecified atom stereocenters. The van der Waals surface area contributed by atoms with Gasteiger partial charge in [-0.05, 0) is 56.7 Å². The molecule has 0 aromatic heterocycles. The second kappa shape index (κ2) is 12.7. The van der Waals surface area contributed by atoms with Crippen molar-refractivity contribution in [2.45, 2.75) is 85.0 Å². The van der Waals surface area contributed by atoms with E-state index in [2.05, 4.69) is 43.9 Å². The lowest BCUT2D eigenvalue weighted by molar-refractivity contribution is 0.576. The first kappa shape index (κ1) is 21.5. The molecule has 0 heterocycles. The van der Waals surface area contributed by atoms with Crippen molar-refractivity contribution in [1.82, 2.24) is 0 Å². The van der Waals surface area contributed by atoms with Crippen LogP contribution in [0, 0.1) is 5.41 Å². The van der Waals surface area contributed by atoms with Crippen LogP contribution in [0.3, 0.4) is 0 Å². The van der Waals surface area contributed by atoms with Gasteiger partial charge in [-0.3, -0.25) is 0 Å². The molecule has 1 aromatic rings. The van der Waals surface area contributed by atoms with Gasteiger partial charge in [0.15, 0.2) is 0 Å². The highest BCUT2D eigenvalue weighted by atomic mass is 14.9. The van der Waals surface area contributed by atoms with Gasteiger partial charge in [0.1, 0.15) is 0 Å². The normalized spacial score (nSPS) is 10.7. The van der Waals surface area contributed by atoms with Gasteiger partial charge in [0.05, 0.1) is 0 Å². The SMILES string of the molecule is C=C(C)c1cccc(NCCCCCCCCCCC(C)=N)c1CC. The van der Waals surface area contributed by atoms with E-state index >= 15 is 0 Å².